The molecule has 0 aliphatic carbocycles. The summed E-state index contributed by atoms with van der Waals surface area (Å²) in [4.78, 5) is 24.1. The maximum atomic E-state index is 13.9. The number of hydrogen-bond acceptors (Lipinski definition) is 5. The van der Waals surface area contributed by atoms with E-state index >= 15 is 0 Å². The van der Waals surface area contributed by atoms with Crippen LogP contribution in [0.5, 0.6) is 0 Å². The van der Waals surface area contributed by atoms with E-state index in [0.29, 0.717) is 30.9 Å². The average Bonchev–Trinajstić information content (AvgIpc) is 3.27. The molecule has 0 saturated heterocycles. The van der Waals surface area contributed by atoms with E-state index in [-0.39, 0.29) is 23.1 Å². The van der Waals surface area contributed by atoms with Crippen molar-refractivity contribution < 1.29 is 18.0 Å². The number of amides is 1. The van der Waals surface area contributed by atoms with Gasteiger partial charge >= 0.3 is 0 Å². The first-order chi connectivity index (χ1) is 14.7. The lowest BCUT2D eigenvalue weighted by Gasteiger charge is -2.28. The number of nitrogens with zero attached hydrogens (tertiary/aromatic N) is 6. The summed E-state index contributed by atoms with van der Waals surface area (Å²) in [5, 5.41) is 8.06. The number of aryl methyl sites for hydroxylation is 1. The van der Waals surface area contributed by atoms with Crippen LogP contribution in [0.2, 0.25) is 0 Å². The second-order valence-corrected chi connectivity index (χ2v) is 7.24. The molecule has 1 amide bonds. The molecule has 10 heteroatoms. The number of alkyl halides is 2. The summed E-state index contributed by atoms with van der Waals surface area (Å²) >= 11 is 0. The van der Waals surface area contributed by atoms with E-state index in [1.165, 1.54) is 35.4 Å². The molecule has 0 fully saturated rings. The van der Waals surface area contributed by atoms with E-state index in [2.05, 4.69) is 20.2 Å². The van der Waals surface area contributed by atoms with E-state index in [1.54, 1.807) is 4.90 Å². The molecule has 3 rings (SSSR count). The van der Waals surface area contributed by atoms with Crippen LogP contribution in [0, 0.1) is 5.82 Å². The number of carbonyl (C=O) groups excluding carboxylic acids is 1. The number of carbonyl (C=O) groups is 1. The molecule has 2 aromatic heterocycles. The number of benzene rings is 1. The van der Waals surface area contributed by atoms with Gasteiger partial charge in [-0.05, 0) is 38.5 Å². The van der Waals surface area contributed by atoms with Crippen molar-refractivity contribution in [3.8, 4) is 5.69 Å². The minimum Gasteiger partial charge on any atom is -0.336 e. The van der Waals surface area contributed by atoms with Gasteiger partial charge in [0.15, 0.2) is 0 Å². The Hall–Kier alpha value is -3.30. The van der Waals surface area contributed by atoms with Crippen LogP contribution in [0.1, 0.15) is 48.9 Å². The summed E-state index contributed by atoms with van der Waals surface area (Å²) < 4.78 is 40.5. The Morgan fingerprint density at radius 3 is 2.42 bits per heavy atom. The van der Waals surface area contributed by atoms with Gasteiger partial charge in [0, 0.05) is 38.3 Å². The summed E-state index contributed by atoms with van der Waals surface area (Å²) in [6.45, 7) is 4.87. The number of halogens is 3. The van der Waals surface area contributed by atoms with Gasteiger partial charge in [-0.15, -0.1) is 0 Å². The van der Waals surface area contributed by atoms with E-state index in [1.807, 2.05) is 13.8 Å². The van der Waals surface area contributed by atoms with Gasteiger partial charge in [-0.1, -0.05) is 0 Å². The molecule has 0 aliphatic heterocycles. The monoisotopic (exact) mass is 432 g/mol. The van der Waals surface area contributed by atoms with Gasteiger partial charge in [-0.2, -0.15) is 15.0 Å². The van der Waals surface area contributed by atoms with Gasteiger partial charge in [-0.3, -0.25) is 4.79 Å². The van der Waals surface area contributed by atoms with Crippen molar-refractivity contribution in [2.75, 3.05) is 6.54 Å². The van der Waals surface area contributed by atoms with Crippen LogP contribution in [-0.4, -0.2) is 48.4 Å². The van der Waals surface area contributed by atoms with Crippen LogP contribution in [0.15, 0.2) is 43.0 Å². The molecule has 0 unspecified atom stereocenters. The van der Waals surface area contributed by atoms with Gasteiger partial charge in [0.25, 0.3) is 11.8 Å². The summed E-state index contributed by atoms with van der Waals surface area (Å²) in [6, 6.07) is 3.65. The number of aromatic nitrogens is 5. The maximum Gasteiger partial charge on any atom is 0.273 e. The van der Waals surface area contributed by atoms with Crippen molar-refractivity contribution in [3.63, 3.8) is 0 Å². The van der Waals surface area contributed by atoms with Gasteiger partial charge in [-0.25, -0.2) is 23.1 Å². The van der Waals surface area contributed by atoms with E-state index in [9.17, 15) is 18.0 Å². The molecular weight excluding hydrogens is 409 g/mol. The second kappa shape index (κ2) is 9.23. The first-order valence-corrected chi connectivity index (χ1v) is 9.87. The molecule has 164 valence electrons. The quantitative estimate of drug-likeness (QED) is 0.541. The molecule has 1 aromatic carbocycles. The van der Waals surface area contributed by atoms with Crippen molar-refractivity contribution in [1.82, 2.24) is 29.9 Å². The van der Waals surface area contributed by atoms with Gasteiger partial charge in [0.2, 0.25) is 0 Å². The third-order valence-corrected chi connectivity index (χ3v) is 4.95. The van der Waals surface area contributed by atoms with Crippen molar-refractivity contribution in [1.29, 1.82) is 0 Å². The number of rotatable bonds is 8. The van der Waals surface area contributed by atoms with Crippen molar-refractivity contribution in [2.45, 2.75) is 45.6 Å². The van der Waals surface area contributed by atoms with Crippen LogP contribution >= 0.6 is 0 Å². The smallest absolute Gasteiger partial charge is 0.273 e. The molecule has 0 bridgehead atoms. The molecule has 0 saturated carbocycles. The molecular formula is C21H23F3N6O. The molecule has 0 spiro atoms. The van der Waals surface area contributed by atoms with E-state index in [0.717, 1.165) is 19.3 Å². The zero-order chi connectivity index (χ0) is 22.6. The fourth-order valence-corrected chi connectivity index (χ4v) is 3.21. The van der Waals surface area contributed by atoms with Crippen LogP contribution in [-0.2, 0) is 12.3 Å². The van der Waals surface area contributed by atoms with Crippen LogP contribution < -0.4 is 0 Å². The lowest BCUT2D eigenvalue weighted by Crippen LogP contribution is -2.39. The Morgan fingerprint density at radius 2 is 1.84 bits per heavy atom. The Labute approximate surface area is 177 Å². The third-order valence-electron chi connectivity index (χ3n) is 4.95. The molecule has 7 nitrogen and oxygen atoms in total. The van der Waals surface area contributed by atoms with Crippen LogP contribution in [0.3, 0.4) is 0 Å². The van der Waals surface area contributed by atoms with Crippen LogP contribution in [0.25, 0.3) is 5.69 Å². The largest absolute Gasteiger partial charge is 0.336 e. The zero-order valence-corrected chi connectivity index (χ0v) is 17.5. The topological polar surface area (TPSA) is 76.8 Å². The van der Waals surface area contributed by atoms with Crippen molar-refractivity contribution in [3.05, 3.63) is 65.8 Å². The lowest BCUT2D eigenvalue weighted by atomic mass is 10.1. The lowest BCUT2D eigenvalue weighted by molar-refractivity contribution is 0.0166. The van der Waals surface area contributed by atoms with E-state index < -0.39 is 11.7 Å². The first kappa shape index (κ1) is 22.4. The molecule has 1 atom stereocenters. The molecule has 2 heterocycles. The van der Waals surface area contributed by atoms with Crippen LogP contribution in [0.4, 0.5) is 13.2 Å². The summed E-state index contributed by atoms with van der Waals surface area (Å²) in [5.74, 6) is -3.48. The molecule has 0 radical (unpaired) electrons. The Balaban J connectivity index is 1.74. The predicted molar refractivity (Wildman–Crippen MR) is 107 cm³/mol. The Kier molecular flexibility index (Phi) is 6.67. The normalized spacial score (nSPS) is 12.6. The van der Waals surface area contributed by atoms with Crippen molar-refractivity contribution >= 4 is 5.91 Å². The van der Waals surface area contributed by atoms with E-state index in [4.69, 9.17) is 0 Å². The minimum absolute atomic E-state index is 0.149. The highest BCUT2D eigenvalue weighted by atomic mass is 19.3. The minimum atomic E-state index is -3.00. The highest BCUT2D eigenvalue weighted by molar-refractivity contribution is 5.97. The zero-order valence-electron chi connectivity index (χ0n) is 17.5. The molecule has 3 aromatic rings. The summed E-state index contributed by atoms with van der Waals surface area (Å²) in [5.41, 5.74) is 0.276. The molecule has 31 heavy (non-hydrogen) atoms. The standard InChI is InChI=1S/C21H23F3N6O/c1-4-29(14(2)5-8-19-25-12-15(13-26-19)21(3,23)24)20(31)17-11-16(22)6-7-18(17)30-27-9-10-28-30/h6-7,9-14H,4-5,8H2,1-3H3/t14-/m0/s1. The van der Waals surface area contributed by atoms with Gasteiger partial charge in [0.1, 0.15) is 11.6 Å². The van der Waals surface area contributed by atoms with Gasteiger partial charge in [0.05, 0.1) is 29.2 Å². The highest BCUT2D eigenvalue weighted by Gasteiger charge is 2.26. The Bertz CT molecular complexity index is 1020. The maximum absolute atomic E-state index is 13.9. The fourth-order valence-electron chi connectivity index (χ4n) is 3.21. The number of hydrogen-bond donors (Lipinski definition) is 0. The van der Waals surface area contributed by atoms with Crippen molar-refractivity contribution in [2.24, 2.45) is 0 Å². The predicted octanol–water partition coefficient (Wildman–Crippen LogP) is 3.79. The molecule has 0 aliphatic rings. The average molecular weight is 432 g/mol. The van der Waals surface area contributed by atoms with Gasteiger partial charge < -0.3 is 4.90 Å². The first-order valence-electron chi connectivity index (χ1n) is 9.87. The third kappa shape index (κ3) is 5.25. The molecule has 0 N–H and O–H groups in total. The summed E-state index contributed by atoms with van der Waals surface area (Å²) in [6.07, 6.45) is 6.08. The highest BCUT2D eigenvalue weighted by Crippen LogP contribution is 2.25. The summed E-state index contributed by atoms with van der Waals surface area (Å²) in [7, 11) is 0. The Morgan fingerprint density at radius 1 is 1.19 bits per heavy atom. The second-order valence-electron chi connectivity index (χ2n) is 7.24. The SMILES string of the molecule is CCN(C(=O)c1cc(F)ccc1-n1nccn1)[C@@H](C)CCc1ncc(C(C)(F)F)cn1. The fraction of sp³-hybridized carbons (Fsp3) is 0.381.